The highest BCUT2D eigenvalue weighted by atomic mass is 127. The molecule has 0 aliphatic heterocycles. The van der Waals surface area contributed by atoms with E-state index in [-0.39, 0.29) is 10.6 Å². The summed E-state index contributed by atoms with van der Waals surface area (Å²) >= 11 is 7.83. The molecule has 0 fully saturated rings. The fraction of sp³-hybridized carbons (Fsp3) is 0.0714. The van der Waals surface area contributed by atoms with Gasteiger partial charge in [0.05, 0.1) is 5.56 Å². The molecule has 0 unspecified atom stereocenters. The third kappa shape index (κ3) is 3.45. The second-order valence-electron chi connectivity index (χ2n) is 4.04. The highest BCUT2D eigenvalue weighted by Crippen LogP contribution is 2.19. The molecule has 0 heterocycles. The SMILES string of the molecule is Cc1ccc(NC(=O)c2ccc(Cl)cc2F)cc1I. The second-order valence-corrected chi connectivity index (χ2v) is 5.64. The molecule has 98 valence electrons. The number of anilines is 1. The lowest BCUT2D eigenvalue weighted by Gasteiger charge is -2.08. The molecule has 2 nitrogen and oxygen atoms in total. The summed E-state index contributed by atoms with van der Waals surface area (Å²) in [4.78, 5) is 11.9. The zero-order chi connectivity index (χ0) is 14.0. The third-order valence-electron chi connectivity index (χ3n) is 2.61. The molecule has 0 saturated carbocycles. The minimum absolute atomic E-state index is 0.0278. The largest absolute Gasteiger partial charge is 0.322 e. The van der Waals surface area contributed by atoms with Crippen molar-refractivity contribution >= 4 is 45.8 Å². The van der Waals surface area contributed by atoms with E-state index in [2.05, 4.69) is 27.9 Å². The molecular weight excluding hydrogens is 380 g/mol. The minimum Gasteiger partial charge on any atom is -0.322 e. The van der Waals surface area contributed by atoms with E-state index in [0.717, 1.165) is 15.2 Å². The smallest absolute Gasteiger partial charge is 0.258 e. The number of amides is 1. The molecule has 2 aromatic carbocycles. The molecule has 0 saturated heterocycles. The maximum atomic E-state index is 13.6. The van der Waals surface area contributed by atoms with Gasteiger partial charge in [0, 0.05) is 14.3 Å². The van der Waals surface area contributed by atoms with Gasteiger partial charge in [-0.3, -0.25) is 4.79 Å². The topological polar surface area (TPSA) is 29.1 Å². The van der Waals surface area contributed by atoms with Crippen molar-refractivity contribution in [2.75, 3.05) is 5.32 Å². The van der Waals surface area contributed by atoms with Crippen LogP contribution in [0.25, 0.3) is 0 Å². The number of aryl methyl sites for hydroxylation is 1. The lowest BCUT2D eigenvalue weighted by molar-refractivity contribution is 0.102. The van der Waals surface area contributed by atoms with Gasteiger partial charge < -0.3 is 5.32 Å². The Labute approximate surface area is 129 Å². The van der Waals surface area contributed by atoms with E-state index >= 15 is 0 Å². The number of hydrogen-bond acceptors (Lipinski definition) is 1. The van der Waals surface area contributed by atoms with Crippen LogP contribution in [0.1, 0.15) is 15.9 Å². The monoisotopic (exact) mass is 389 g/mol. The van der Waals surface area contributed by atoms with Gasteiger partial charge in [-0.05, 0) is 65.4 Å². The number of rotatable bonds is 2. The van der Waals surface area contributed by atoms with E-state index in [1.807, 2.05) is 19.1 Å². The van der Waals surface area contributed by atoms with Crippen LogP contribution in [0.4, 0.5) is 10.1 Å². The molecular formula is C14H10ClFINO. The van der Waals surface area contributed by atoms with Gasteiger partial charge in [0.2, 0.25) is 0 Å². The lowest BCUT2D eigenvalue weighted by Crippen LogP contribution is -2.13. The maximum absolute atomic E-state index is 13.6. The number of carbonyl (C=O) groups excluding carboxylic acids is 1. The summed E-state index contributed by atoms with van der Waals surface area (Å²) in [6, 6.07) is 9.49. The minimum atomic E-state index is -0.633. The standard InChI is InChI=1S/C14H10ClFINO/c1-8-2-4-10(7-13(8)17)18-14(19)11-5-3-9(15)6-12(11)16/h2-7H,1H3,(H,18,19). The molecule has 2 rings (SSSR count). The number of carbonyl (C=O) groups is 1. The van der Waals surface area contributed by atoms with Crippen LogP contribution in [-0.2, 0) is 0 Å². The quantitative estimate of drug-likeness (QED) is 0.745. The summed E-state index contributed by atoms with van der Waals surface area (Å²) < 4.78 is 14.6. The molecule has 0 aromatic heterocycles. The first-order valence-corrected chi connectivity index (χ1v) is 6.95. The molecule has 0 radical (unpaired) electrons. The molecule has 1 amide bonds. The summed E-state index contributed by atoms with van der Waals surface area (Å²) in [5.74, 6) is -1.12. The van der Waals surface area contributed by atoms with Crippen LogP contribution in [0, 0.1) is 16.3 Å². The van der Waals surface area contributed by atoms with Crippen LogP contribution in [0.5, 0.6) is 0 Å². The number of hydrogen-bond donors (Lipinski definition) is 1. The fourth-order valence-corrected chi connectivity index (χ4v) is 2.22. The third-order valence-corrected chi connectivity index (χ3v) is 4.00. The summed E-state index contributed by atoms with van der Waals surface area (Å²) in [5.41, 5.74) is 1.73. The Bertz CT molecular complexity index is 645. The molecule has 0 aliphatic carbocycles. The predicted octanol–water partition coefficient (Wildman–Crippen LogP) is 4.64. The Kier molecular flexibility index (Phi) is 4.42. The zero-order valence-corrected chi connectivity index (χ0v) is 12.9. The molecule has 0 atom stereocenters. The Hall–Kier alpha value is -1.14. The summed E-state index contributed by atoms with van der Waals surface area (Å²) in [6.45, 7) is 1.98. The Morgan fingerprint density at radius 3 is 2.63 bits per heavy atom. The molecule has 5 heteroatoms. The Balaban J connectivity index is 2.23. The molecule has 19 heavy (non-hydrogen) atoms. The lowest BCUT2D eigenvalue weighted by atomic mass is 10.2. The van der Waals surface area contributed by atoms with E-state index in [1.165, 1.54) is 12.1 Å². The number of nitrogens with one attached hydrogen (secondary N) is 1. The molecule has 0 bridgehead atoms. The molecule has 2 aromatic rings. The normalized spacial score (nSPS) is 10.3. The van der Waals surface area contributed by atoms with Crippen LogP contribution in [0.15, 0.2) is 36.4 Å². The van der Waals surface area contributed by atoms with Gasteiger partial charge in [-0.25, -0.2) is 4.39 Å². The van der Waals surface area contributed by atoms with Gasteiger partial charge in [-0.1, -0.05) is 17.7 Å². The van der Waals surface area contributed by atoms with Crippen molar-refractivity contribution in [2.24, 2.45) is 0 Å². The van der Waals surface area contributed by atoms with Crippen molar-refractivity contribution in [1.29, 1.82) is 0 Å². The van der Waals surface area contributed by atoms with Crippen LogP contribution in [0.3, 0.4) is 0 Å². The second kappa shape index (κ2) is 5.88. The Morgan fingerprint density at radius 2 is 2.00 bits per heavy atom. The van der Waals surface area contributed by atoms with Crippen molar-refractivity contribution in [1.82, 2.24) is 0 Å². The van der Waals surface area contributed by atoms with Crippen molar-refractivity contribution < 1.29 is 9.18 Å². The van der Waals surface area contributed by atoms with Gasteiger partial charge in [0.25, 0.3) is 5.91 Å². The zero-order valence-electron chi connectivity index (χ0n) is 10.0. The van der Waals surface area contributed by atoms with Crippen molar-refractivity contribution in [3.63, 3.8) is 0 Å². The van der Waals surface area contributed by atoms with Crippen molar-refractivity contribution in [2.45, 2.75) is 6.92 Å². The van der Waals surface area contributed by atoms with Crippen LogP contribution in [-0.4, -0.2) is 5.91 Å². The fourth-order valence-electron chi connectivity index (χ4n) is 1.54. The van der Waals surface area contributed by atoms with Gasteiger partial charge in [-0.15, -0.1) is 0 Å². The first kappa shape index (κ1) is 14.3. The van der Waals surface area contributed by atoms with Gasteiger partial charge in [-0.2, -0.15) is 0 Å². The van der Waals surface area contributed by atoms with E-state index in [4.69, 9.17) is 11.6 Å². The van der Waals surface area contributed by atoms with E-state index in [0.29, 0.717) is 5.69 Å². The molecule has 0 aliphatic rings. The van der Waals surface area contributed by atoms with Crippen LogP contribution in [0.2, 0.25) is 5.02 Å². The van der Waals surface area contributed by atoms with Gasteiger partial charge in [0.15, 0.2) is 0 Å². The maximum Gasteiger partial charge on any atom is 0.258 e. The molecule has 1 N–H and O–H groups in total. The number of benzene rings is 2. The summed E-state index contributed by atoms with van der Waals surface area (Å²) in [7, 11) is 0. The van der Waals surface area contributed by atoms with Crippen LogP contribution < -0.4 is 5.32 Å². The number of halogens is 3. The first-order valence-electron chi connectivity index (χ1n) is 5.50. The van der Waals surface area contributed by atoms with Gasteiger partial charge in [0.1, 0.15) is 5.82 Å². The highest BCUT2D eigenvalue weighted by molar-refractivity contribution is 14.1. The van der Waals surface area contributed by atoms with E-state index in [9.17, 15) is 9.18 Å². The average Bonchev–Trinajstić information content (AvgIpc) is 2.33. The first-order chi connectivity index (χ1) is 8.97. The van der Waals surface area contributed by atoms with Crippen molar-refractivity contribution in [3.8, 4) is 0 Å². The predicted molar refractivity (Wildman–Crippen MR) is 83.3 cm³/mol. The van der Waals surface area contributed by atoms with Crippen molar-refractivity contribution in [3.05, 3.63) is 61.9 Å². The average molecular weight is 390 g/mol. The van der Waals surface area contributed by atoms with Crippen LogP contribution >= 0.6 is 34.2 Å². The highest BCUT2D eigenvalue weighted by Gasteiger charge is 2.12. The Morgan fingerprint density at radius 1 is 1.26 bits per heavy atom. The van der Waals surface area contributed by atoms with Gasteiger partial charge >= 0.3 is 0 Å². The molecule has 0 spiro atoms. The van der Waals surface area contributed by atoms with E-state index in [1.54, 1.807) is 6.07 Å². The summed E-state index contributed by atoms with van der Waals surface area (Å²) in [5, 5.41) is 2.92. The van der Waals surface area contributed by atoms with E-state index < -0.39 is 11.7 Å². The summed E-state index contributed by atoms with van der Waals surface area (Å²) in [6.07, 6.45) is 0.